The first-order chi connectivity index (χ1) is 24.2. The number of hydrogen-bond acceptors (Lipinski definition) is 14. The predicted molar refractivity (Wildman–Crippen MR) is 209 cm³/mol. The second-order valence-electron chi connectivity index (χ2n) is 10.1. The second-order valence-corrected chi connectivity index (χ2v) is 18.1. The molecule has 8 aromatic heterocycles. The standard InChI is InChI=1S/C18H12O4S4.C16H8O4S4/c1-21-17(19)9-3-5-23-15(9)13-7-11-12(25-13)8-14(26-11)16-10(4-6-24-16)18(20)22-2;17-15(18)7-1-3-21-13(7)11-5-9-10(23-11)6-12(24-9)14-8(16(19)20)2-4-22-14/h3-8H,1-2H3;1-6H,(H,17,18)(H,19,20). The molecule has 0 bridgehead atoms. The maximum Gasteiger partial charge on any atom is 0.339 e. The Labute approximate surface area is 315 Å². The summed E-state index contributed by atoms with van der Waals surface area (Å²) in [5.41, 5.74) is 1.83. The van der Waals surface area contributed by atoms with Crippen LogP contribution in [0.2, 0.25) is 0 Å². The summed E-state index contributed by atoms with van der Waals surface area (Å²) in [6.45, 7) is 0. The number of carbonyl (C=O) groups excluding carboxylic acids is 2. The normalized spacial score (nSPS) is 11.1. The molecule has 0 aliphatic rings. The van der Waals surface area contributed by atoms with E-state index in [4.69, 9.17) is 9.47 Å². The molecule has 0 fully saturated rings. The minimum absolute atomic E-state index is 0.319. The highest BCUT2D eigenvalue weighted by Crippen LogP contribution is 2.47. The van der Waals surface area contributed by atoms with Gasteiger partial charge in [0.25, 0.3) is 0 Å². The van der Waals surface area contributed by atoms with Crippen molar-refractivity contribution in [3.63, 3.8) is 0 Å². The van der Waals surface area contributed by atoms with Gasteiger partial charge in [0, 0.05) is 38.3 Å². The Hall–Kier alpha value is -4.00. The van der Waals surface area contributed by atoms with Crippen LogP contribution in [-0.4, -0.2) is 48.3 Å². The van der Waals surface area contributed by atoms with Gasteiger partial charge in [-0.25, -0.2) is 19.2 Å². The third kappa shape index (κ3) is 6.49. The summed E-state index contributed by atoms with van der Waals surface area (Å²) in [7, 11) is 2.78. The van der Waals surface area contributed by atoms with E-state index in [1.165, 1.54) is 82.2 Å². The number of methoxy groups -OCH3 is 2. The van der Waals surface area contributed by atoms with E-state index in [1.54, 1.807) is 57.7 Å². The van der Waals surface area contributed by atoms with E-state index in [2.05, 4.69) is 12.1 Å². The van der Waals surface area contributed by atoms with Crippen molar-refractivity contribution in [1.82, 2.24) is 0 Å². The molecule has 0 aromatic carbocycles. The maximum atomic E-state index is 11.9. The third-order valence-corrected chi connectivity index (χ3v) is 16.2. The van der Waals surface area contributed by atoms with Crippen molar-refractivity contribution < 1.29 is 38.9 Å². The van der Waals surface area contributed by atoms with E-state index in [-0.39, 0.29) is 11.9 Å². The molecule has 0 aliphatic heterocycles. The third-order valence-electron chi connectivity index (χ3n) is 7.24. The molecule has 0 saturated heterocycles. The van der Waals surface area contributed by atoms with Crippen molar-refractivity contribution in [3.8, 4) is 39.0 Å². The van der Waals surface area contributed by atoms with Gasteiger partial charge < -0.3 is 19.7 Å². The van der Waals surface area contributed by atoms with Crippen LogP contribution < -0.4 is 0 Å². The summed E-state index contributed by atoms with van der Waals surface area (Å²) in [4.78, 5) is 53.7. The molecule has 8 nitrogen and oxygen atoms in total. The number of carboxylic acids is 2. The summed E-state index contributed by atoms with van der Waals surface area (Å²) in [5, 5.41) is 25.9. The smallest absolute Gasteiger partial charge is 0.339 e. The van der Waals surface area contributed by atoms with E-state index in [0.717, 1.165) is 57.8 Å². The van der Waals surface area contributed by atoms with Crippen LogP contribution in [-0.2, 0) is 9.47 Å². The van der Waals surface area contributed by atoms with Gasteiger partial charge >= 0.3 is 23.9 Å². The van der Waals surface area contributed by atoms with Gasteiger partial charge in [-0.2, -0.15) is 0 Å². The first kappa shape index (κ1) is 34.4. The van der Waals surface area contributed by atoms with Gasteiger partial charge in [0.1, 0.15) is 0 Å². The zero-order valence-electron chi connectivity index (χ0n) is 25.5. The summed E-state index contributed by atoms with van der Waals surface area (Å²) >= 11 is 12.2. The van der Waals surface area contributed by atoms with Crippen molar-refractivity contribution in [2.75, 3.05) is 14.2 Å². The number of aromatic carboxylic acids is 2. The Bertz CT molecular complexity index is 2310. The predicted octanol–water partition coefficient (Wildman–Crippen LogP) is 11.8. The minimum Gasteiger partial charge on any atom is -0.478 e. The highest BCUT2D eigenvalue weighted by molar-refractivity contribution is 7.34. The van der Waals surface area contributed by atoms with Crippen LogP contribution in [0.5, 0.6) is 0 Å². The number of carboxylic acid groups (broad SMARTS) is 2. The lowest BCUT2D eigenvalue weighted by atomic mass is 10.2. The molecule has 0 spiro atoms. The molecule has 0 amide bonds. The van der Waals surface area contributed by atoms with Crippen molar-refractivity contribution in [1.29, 1.82) is 0 Å². The summed E-state index contributed by atoms with van der Waals surface area (Å²) in [6.07, 6.45) is 0. The Kier molecular flexibility index (Phi) is 9.87. The summed E-state index contributed by atoms with van der Waals surface area (Å²) in [5.74, 6) is -2.48. The molecule has 2 N–H and O–H groups in total. The molecule has 252 valence electrons. The van der Waals surface area contributed by atoms with E-state index in [9.17, 15) is 29.4 Å². The van der Waals surface area contributed by atoms with E-state index >= 15 is 0 Å². The van der Waals surface area contributed by atoms with Gasteiger partial charge in [-0.15, -0.1) is 90.7 Å². The number of rotatable bonds is 8. The topological polar surface area (TPSA) is 127 Å². The second kappa shape index (κ2) is 14.3. The molecular weight excluding hydrogens is 793 g/mol. The van der Waals surface area contributed by atoms with Crippen molar-refractivity contribution >= 4 is 133 Å². The lowest BCUT2D eigenvalue weighted by molar-refractivity contribution is 0.0593. The van der Waals surface area contributed by atoms with Crippen LogP contribution in [0.1, 0.15) is 41.4 Å². The minimum atomic E-state index is -0.923. The number of esters is 2. The fraction of sp³-hybridized carbons (Fsp3) is 0.0588. The quantitative estimate of drug-likeness (QED) is 0.145. The van der Waals surface area contributed by atoms with Gasteiger partial charge in [0.05, 0.1) is 56.0 Å². The fourth-order valence-corrected chi connectivity index (χ4v) is 13.9. The first-order valence-electron chi connectivity index (χ1n) is 14.2. The van der Waals surface area contributed by atoms with Gasteiger partial charge in [-0.3, -0.25) is 0 Å². The molecular formula is C34H20O8S8. The van der Waals surface area contributed by atoms with Crippen LogP contribution in [0.25, 0.3) is 57.8 Å². The van der Waals surface area contributed by atoms with Crippen LogP contribution in [0.3, 0.4) is 0 Å². The Morgan fingerprint density at radius 3 is 0.980 bits per heavy atom. The number of thiophene rings is 8. The zero-order chi connectivity index (χ0) is 35.1. The molecule has 8 aromatic rings. The first-order valence-corrected chi connectivity index (χ1v) is 21.0. The highest BCUT2D eigenvalue weighted by Gasteiger charge is 2.22. The molecule has 0 atom stereocenters. The molecule has 8 heterocycles. The number of carbonyl (C=O) groups is 4. The fourth-order valence-electron chi connectivity index (χ4n) is 5.00. The van der Waals surface area contributed by atoms with Crippen molar-refractivity contribution in [2.45, 2.75) is 0 Å². The maximum absolute atomic E-state index is 11.9. The molecule has 0 aliphatic carbocycles. The van der Waals surface area contributed by atoms with Gasteiger partial charge in [0.2, 0.25) is 0 Å². The van der Waals surface area contributed by atoms with Crippen LogP contribution in [0.4, 0.5) is 0 Å². The molecule has 0 unspecified atom stereocenters. The van der Waals surface area contributed by atoms with Crippen LogP contribution in [0.15, 0.2) is 70.1 Å². The monoisotopic (exact) mass is 812 g/mol. The van der Waals surface area contributed by atoms with Crippen molar-refractivity contribution in [2.24, 2.45) is 0 Å². The van der Waals surface area contributed by atoms with Crippen LogP contribution in [0, 0.1) is 0 Å². The summed E-state index contributed by atoms with van der Waals surface area (Å²) < 4.78 is 14.1. The zero-order valence-corrected chi connectivity index (χ0v) is 32.1. The average Bonchev–Trinajstić information content (AvgIpc) is 3.94. The van der Waals surface area contributed by atoms with E-state index < -0.39 is 11.9 Å². The van der Waals surface area contributed by atoms with E-state index in [1.807, 2.05) is 22.9 Å². The van der Waals surface area contributed by atoms with E-state index in [0.29, 0.717) is 22.3 Å². The molecule has 8 rings (SSSR count). The lowest BCUT2D eigenvalue weighted by Gasteiger charge is -2.00. The average molecular weight is 813 g/mol. The summed E-state index contributed by atoms with van der Waals surface area (Å²) in [6, 6.07) is 15.0. The lowest BCUT2D eigenvalue weighted by Crippen LogP contribution is -2.00. The Morgan fingerprint density at radius 2 is 0.720 bits per heavy atom. The number of hydrogen-bond donors (Lipinski definition) is 2. The number of fused-ring (bicyclic) bond motifs is 2. The van der Waals surface area contributed by atoms with Gasteiger partial charge in [-0.05, 0) is 70.1 Å². The molecule has 16 heteroatoms. The van der Waals surface area contributed by atoms with Gasteiger partial charge in [-0.1, -0.05) is 0 Å². The molecule has 50 heavy (non-hydrogen) atoms. The van der Waals surface area contributed by atoms with Gasteiger partial charge in [0.15, 0.2) is 0 Å². The Balaban J connectivity index is 0.000000157. The molecule has 0 saturated carbocycles. The highest BCUT2D eigenvalue weighted by atomic mass is 32.1. The number of ether oxygens (including phenoxy) is 2. The largest absolute Gasteiger partial charge is 0.478 e. The van der Waals surface area contributed by atoms with Crippen LogP contribution >= 0.6 is 90.7 Å². The Morgan fingerprint density at radius 1 is 0.460 bits per heavy atom. The SMILES string of the molecule is COC(=O)c1ccsc1-c1cc2sc(-c3sccc3C(=O)OC)cc2s1.O=C(O)c1ccsc1-c1cc2sc(-c3sccc3C(=O)O)cc2s1. The molecule has 0 radical (unpaired) electrons. The van der Waals surface area contributed by atoms with Crippen molar-refractivity contribution in [3.05, 3.63) is 92.3 Å².